The van der Waals surface area contributed by atoms with Crippen molar-refractivity contribution < 1.29 is 9.53 Å². The first-order valence-electron chi connectivity index (χ1n) is 7.48. The van der Waals surface area contributed by atoms with Gasteiger partial charge in [0.2, 0.25) is 0 Å². The van der Waals surface area contributed by atoms with Gasteiger partial charge in [-0.05, 0) is 25.0 Å². The lowest BCUT2D eigenvalue weighted by Crippen LogP contribution is -2.17. The third kappa shape index (κ3) is 6.60. The van der Waals surface area contributed by atoms with Crippen molar-refractivity contribution in [1.29, 1.82) is 0 Å². The number of rotatable bonds is 4. The number of ether oxygens (including phenoxy) is 1. The van der Waals surface area contributed by atoms with Gasteiger partial charge in [0, 0.05) is 0 Å². The van der Waals surface area contributed by atoms with Gasteiger partial charge in [0.1, 0.15) is 13.6 Å². The second-order valence-corrected chi connectivity index (χ2v) is 10.8. The van der Waals surface area contributed by atoms with Gasteiger partial charge < -0.3 is 4.74 Å². The molecule has 0 atom stereocenters. The molecule has 116 valence electrons. The first kappa shape index (κ1) is 18.0. The molecule has 0 spiro atoms. The van der Waals surface area contributed by atoms with Gasteiger partial charge in [-0.1, -0.05) is 68.0 Å². The quantitative estimate of drug-likeness (QED) is 0.270. The number of hydrogen-bond acceptors (Lipinski definition) is 2. The molecule has 2 nitrogen and oxygen atoms in total. The molecule has 0 unspecified atom stereocenters. The zero-order chi connectivity index (χ0) is 16.6. The Morgan fingerprint density at radius 2 is 1.86 bits per heavy atom. The van der Waals surface area contributed by atoms with Crippen LogP contribution >= 0.6 is 0 Å². The highest BCUT2D eigenvalue weighted by atomic mass is 28.3. The van der Waals surface area contributed by atoms with Crippen LogP contribution in [0.15, 0.2) is 47.6 Å². The third-order valence-corrected chi connectivity index (χ3v) is 3.64. The molecule has 0 radical (unpaired) electrons. The highest BCUT2D eigenvalue weighted by Crippen LogP contribution is 2.11. The number of hydrogen-bond donors (Lipinski definition) is 0. The summed E-state index contributed by atoms with van der Waals surface area (Å²) < 4.78 is 5.12. The third-order valence-electron chi connectivity index (χ3n) is 2.76. The Labute approximate surface area is 134 Å². The van der Waals surface area contributed by atoms with Crippen LogP contribution in [0.25, 0.3) is 6.08 Å². The smallest absolute Gasteiger partial charge is 0.346 e. The van der Waals surface area contributed by atoms with Crippen LogP contribution in [0.1, 0.15) is 19.4 Å². The van der Waals surface area contributed by atoms with Gasteiger partial charge in [-0.15, -0.1) is 5.54 Å². The molecular weight excluding hydrogens is 288 g/mol. The topological polar surface area (TPSA) is 26.3 Å². The van der Waals surface area contributed by atoms with E-state index in [2.05, 4.69) is 31.1 Å². The van der Waals surface area contributed by atoms with Gasteiger partial charge in [-0.2, -0.15) is 0 Å². The summed E-state index contributed by atoms with van der Waals surface area (Å²) in [6.07, 6.45) is 3.89. The van der Waals surface area contributed by atoms with Crippen LogP contribution < -0.4 is 0 Å². The number of carbonyl (C=O) groups is 1. The molecule has 0 N–H and O–H groups in total. The number of carbonyl (C=O) groups excluding carboxylic acids is 1. The van der Waals surface area contributed by atoms with Crippen LogP contribution in [0.5, 0.6) is 0 Å². The number of benzene rings is 1. The van der Waals surface area contributed by atoms with E-state index < -0.39 is 8.07 Å². The number of allylic oxidation sites excluding steroid dienone is 2. The van der Waals surface area contributed by atoms with Crippen LogP contribution in [0, 0.1) is 11.5 Å². The fraction of sp³-hybridized carbons (Fsp3) is 0.316. The van der Waals surface area contributed by atoms with E-state index in [-0.39, 0.29) is 5.97 Å². The molecule has 1 aromatic rings. The highest BCUT2D eigenvalue weighted by molar-refractivity contribution is 6.83. The zero-order valence-electron chi connectivity index (χ0n) is 14.1. The van der Waals surface area contributed by atoms with Crippen molar-refractivity contribution in [2.45, 2.75) is 33.5 Å². The first-order valence-corrected chi connectivity index (χ1v) is 11.0. The maximum Gasteiger partial charge on any atom is 0.346 e. The predicted molar refractivity (Wildman–Crippen MR) is 95.9 cm³/mol. The Kier molecular flexibility index (Phi) is 6.88. The fourth-order valence-corrected chi connectivity index (χ4v) is 2.13. The molecule has 1 rings (SSSR count). The van der Waals surface area contributed by atoms with E-state index in [1.54, 1.807) is 6.92 Å². The Hall–Kier alpha value is -2.05. The molecule has 0 saturated carbocycles. The molecule has 0 amide bonds. The zero-order valence-corrected chi connectivity index (χ0v) is 15.1. The van der Waals surface area contributed by atoms with Crippen molar-refractivity contribution in [3.63, 3.8) is 0 Å². The van der Waals surface area contributed by atoms with Crippen LogP contribution in [-0.2, 0) is 9.53 Å². The van der Waals surface area contributed by atoms with E-state index in [0.717, 1.165) is 11.1 Å². The summed E-state index contributed by atoms with van der Waals surface area (Å²) in [5.41, 5.74) is 5.60. The average Bonchev–Trinajstić information content (AvgIpc) is 2.45. The molecular formula is C19H24O2Si. The Balaban J connectivity index is 3.13. The van der Waals surface area contributed by atoms with E-state index in [0.29, 0.717) is 12.2 Å². The van der Waals surface area contributed by atoms with E-state index in [9.17, 15) is 4.79 Å². The maximum absolute atomic E-state index is 12.1. The average molecular weight is 312 g/mol. The fourth-order valence-electron chi connectivity index (χ4n) is 1.63. The summed E-state index contributed by atoms with van der Waals surface area (Å²) >= 11 is 0. The van der Waals surface area contributed by atoms with Crippen LogP contribution in [0.2, 0.25) is 19.6 Å². The molecule has 22 heavy (non-hydrogen) atoms. The normalized spacial score (nSPS) is 12.4. The van der Waals surface area contributed by atoms with Gasteiger partial charge in [-0.25, -0.2) is 4.79 Å². The largest absolute Gasteiger partial charge is 0.462 e. The lowest BCUT2D eigenvalue weighted by atomic mass is 10.1. The molecule has 0 saturated heterocycles. The van der Waals surface area contributed by atoms with Crippen LogP contribution in [0.4, 0.5) is 0 Å². The SMILES string of the molecule is CCOC(=O)/C(C#C[Si](C)(C)C)=C(C)\C=C\c1ccccc1. The van der Waals surface area contributed by atoms with Crippen molar-refractivity contribution in [1.82, 2.24) is 0 Å². The van der Waals surface area contributed by atoms with Crippen LogP contribution in [0.3, 0.4) is 0 Å². The Morgan fingerprint density at radius 1 is 1.23 bits per heavy atom. The monoisotopic (exact) mass is 312 g/mol. The van der Waals surface area contributed by atoms with Crippen molar-refractivity contribution in [3.8, 4) is 11.5 Å². The second kappa shape index (κ2) is 8.40. The van der Waals surface area contributed by atoms with Gasteiger partial charge in [0.25, 0.3) is 0 Å². The minimum absolute atomic E-state index is 0.344. The molecule has 3 heteroatoms. The summed E-state index contributed by atoms with van der Waals surface area (Å²) in [4.78, 5) is 12.1. The van der Waals surface area contributed by atoms with Crippen molar-refractivity contribution in [3.05, 3.63) is 53.1 Å². The molecule has 0 heterocycles. The minimum atomic E-state index is -1.55. The second-order valence-electron chi connectivity index (χ2n) is 6.02. The lowest BCUT2D eigenvalue weighted by molar-refractivity contribution is -0.138. The van der Waals surface area contributed by atoms with Gasteiger partial charge in [0.15, 0.2) is 0 Å². The van der Waals surface area contributed by atoms with Crippen molar-refractivity contribution >= 4 is 20.1 Å². The summed E-state index contributed by atoms with van der Waals surface area (Å²) in [6.45, 7) is 10.5. The standard InChI is InChI=1S/C19H24O2Si/c1-6-21-19(20)18(14-15-22(3,4)5)16(2)12-13-17-10-8-7-9-11-17/h7-13H,6H2,1-5H3/b13-12+,18-16-. The molecule has 0 fully saturated rings. The summed E-state index contributed by atoms with van der Waals surface area (Å²) in [5.74, 6) is 2.70. The summed E-state index contributed by atoms with van der Waals surface area (Å²) in [5, 5.41) is 0. The van der Waals surface area contributed by atoms with Crippen molar-refractivity contribution in [2.75, 3.05) is 6.61 Å². The highest BCUT2D eigenvalue weighted by Gasteiger charge is 2.13. The maximum atomic E-state index is 12.1. The number of esters is 1. The van der Waals surface area contributed by atoms with Gasteiger partial charge in [-0.3, -0.25) is 0 Å². The summed E-state index contributed by atoms with van der Waals surface area (Å²) in [7, 11) is -1.55. The first-order chi connectivity index (χ1) is 10.3. The van der Waals surface area contributed by atoms with Crippen molar-refractivity contribution in [2.24, 2.45) is 0 Å². The molecule has 1 aromatic carbocycles. The van der Waals surface area contributed by atoms with E-state index in [4.69, 9.17) is 4.74 Å². The molecule has 0 aliphatic rings. The summed E-state index contributed by atoms with van der Waals surface area (Å²) in [6, 6.07) is 9.97. The van der Waals surface area contributed by atoms with Gasteiger partial charge in [0.05, 0.1) is 6.61 Å². The minimum Gasteiger partial charge on any atom is -0.462 e. The molecule has 0 aliphatic heterocycles. The lowest BCUT2D eigenvalue weighted by Gasteiger charge is -2.06. The molecule has 0 aliphatic carbocycles. The van der Waals surface area contributed by atoms with E-state index >= 15 is 0 Å². The van der Waals surface area contributed by atoms with Gasteiger partial charge >= 0.3 is 5.97 Å². The molecule has 0 aromatic heterocycles. The molecule has 0 bridgehead atoms. The van der Waals surface area contributed by atoms with E-state index in [1.165, 1.54) is 0 Å². The Bertz CT molecular complexity index is 623. The van der Waals surface area contributed by atoms with E-state index in [1.807, 2.05) is 49.4 Å². The predicted octanol–water partition coefficient (Wildman–Crippen LogP) is 4.46. The van der Waals surface area contributed by atoms with Crippen LogP contribution in [-0.4, -0.2) is 20.7 Å². The Morgan fingerprint density at radius 3 is 2.41 bits per heavy atom.